The lowest BCUT2D eigenvalue weighted by atomic mass is 9.96. The Bertz CT molecular complexity index is 1130. The Morgan fingerprint density at radius 3 is 1.81 bits per heavy atom. The Kier molecular flexibility index (Phi) is 23.8. The van der Waals surface area contributed by atoms with E-state index in [1.807, 2.05) is 13.2 Å². The minimum absolute atomic E-state index is 0.250. The summed E-state index contributed by atoms with van der Waals surface area (Å²) in [6, 6.07) is -3.91. The third kappa shape index (κ3) is 19.9. The van der Waals surface area contributed by atoms with Crippen LogP contribution in [0.3, 0.4) is 0 Å². The molecule has 0 bridgehead atoms. The van der Waals surface area contributed by atoms with Gasteiger partial charge in [-0.25, -0.2) is 4.79 Å². The minimum atomic E-state index is -1.14. The summed E-state index contributed by atoms with van der Waals surface area (Å²) in [7, 11) is 0. The van der Waals surface area contributed by atoms with Crippen molar-refractivity contribution in [1.82, 2.24) is 21.3 Å². The Labute approximate surface area is 297 Å². The SMILES string of the molecule is CCC(C)[C@H](NC(=O)[C@H](NC(=O)[C@H](CSC/C=C(\C)CC/C=C(\C)CCC=C(C)C)NC(C)=O)C(C)C)C(=O)N[C@@H](CCSC)C(=O)O. The molecule has 0 saturated heterocycles. The highest BCUT2D eigenvalue weighted by Gasteiger charge is 2.34. The summed E-state index contributed by atoms with van der Waals surface area (Å²) < 4.78 is 0. The summed E-state index contributed by atoms with van der Waals surface area (Å²) in [6.07, 6.45) is 13.4. The molecule has 12 heteroatoms. The molecule has 274 valence electrons. The van der Waals surface area contributed by atoms with E-state index in [1.165, 1.54) is 47.2 Å². The molecule has 48 heavy (non-hydrogen) atoms. The lowest BCUT2D eigenvalue weighted by molar-refractivity contribution is -0.142. The van der Waals surface area contributed by atoms with Crippen LogP contribution < -0.4 is 21.3 Å². The van der Waals surface area contributed by atoms with Gasteiger partial charge in [-0.1, -0.05) is 69.1 Å². The van der Waals surface area contributed by atoms with Crippen LogP contribution in [0, 0.1) is 11.8 Å². The first-order valence-electron chi connectivity index (χ1n) is 17.0. The van der Waals surface area contributed by atoms with Crippen LogP contribution >= 0.6 is 23.5 Å². The Morgan fingerprint density at radius 1 is 0.729 bits per heavy atom. The topological polar surface area (TPSA) is 154 Å². The molecule has 10 nitrogen and oxygen atoms in total. The number of carbonyl (C=O) groups is 5. The fourth-order valence-corrected chi connectivity index (χ4v) is 6.12. The van der Waals surface area contributed by atoms with E-state index in [4.69, 9.17) is 0 Å². The van der Waals surface area contributed by atoms with Crippen molar-refractivity contribution in [2.75, 3.05) is 23.5 Å². The molecule has 4 amide bonds. The highest BCUT2D eigenvalue weighted by atomic mass is 32.2. The van der Waals surface area contributed by atoms with Crippen molar-refractivity contribution in [2.24, 2.45) is 11.8 Å². The van der Waals surface area contributed by atoms with Gasteiger partial charge in [0.1, 0.15) is 24.2 Å². The first-order chi connectivity index (χ1) is 22.5. The average Bonchev–Trinajstić information content (AvgIpc) is 3.00. The molecule has 0 aliphatic rings. The normalized spacial score (nSPS) is 15.1. The number of carboxylic acid groups (broad SMARTS) is 1. The van der Waals surface area contributed by atoms with Crippen LogP contribution in [0.15, 0.2) is 34.9 Å². The molecule has 5 atom stereocenters. The third-order valence-electron chi connectivity index (χ3n) is 7.92. The molecule has 0 spiro atoms. The van der Waals surface area contributed by atoms with Crippen molar-refractivity contribution in [1.29, 1.82) is 0 Å². The van der Waals surface area contributed by atoms with Crippen molar-refractivity contribution in [3.05, 3.63) is 34.9 Å². The molecule has 5 N–H and O–H groups in total. The zero-order valence-corrected chi connectivity index (χ0v) is 32.5. The maximum atomic E-state index is 13.5. The quantitative estimate of drug-likeness (QED) is 0.0638. The van der Waals surface area contributed by atoms with Gasteiger partial charge in [-0.15, -0.1) is 0 Å². The zero-order valence-electron chi connectivity index (χ0n) is 30.9. The predicted octanol–water partition coefficient (Wildman–Crippen LogP) is 5.64. The van der Waals surface area contributed by atoms with Gasteiger partial charge in [0.05, 0.1) is 0 Å². The number of thioether (sulfide) groups is 2. The molecule has 0 heterocycles. The number of allylic oxidation sites excluding steroid dienone is 5. The smallest absolute Gasteiger partial charge is 0.326 e. The number of rotatable bonds is 24. The van der Waals surface area contributed by atoms with E-state index in [2.05, 4.69) is 67.2 Å². The molecule has 0 aromatic heterocycles. The van der Waals surface area contributed by atoms with Crippen LogP contribution in [0.1, 0.15) is 101 Å². The number of amides is 4. The van der Waals surface area contributed by atoms with Gasteiger partial charge in [-0.05, 0) is 83.6 Å². The molecule has 0 aliphatic carbocycles. The predicted molar refractivity (Wildman–Crippen MR) is 201 cm³/mol. The van der Waals surface area contributed by atoms with Crippen molar-refractivity contribution in [3.8, 4) is 0 Å². The van der Waals surface area contributed by atoms with E-state index in [0.717, 1.165) is 25.7 Å². The van der Waals surface area contributed by atoms with Crippen LogP contribution in [0.4, 0.5) is 0 Å². The summed E-state index contributed by atoms with van der Waals surface area (Å²) >= 11 is 2.99. The van der Waals surface area contributed by atoms with Gasteiger partial charge in [0.2, 0.25) is 23.6 Å². The molecule has 1 unspecified atom stereocenters. The van der Waals surface area contributed by atoms with Gasteiger partial charge in [-0.2, -0.15) is 23.5 Å². The van der Waals surface area contributed by atoms with E-state index in [9.17, 15) is 29.1 Å². The fourth-order valence-electron chi connectivity index (χ4n) is 4.64. The van der Waals surface area contributed by atoms with E-state index < -0.39 is 47.9 Å². The van der Waals surface area contributed by atoms with Gasteiger partial charge in [0.15, 0.2) is 0 Å². The number of carbonyl (C=O) groups excluding carboxylic acids is 4. The molecule has 0 fully saturated rings. The van der Waals surface area contributed by atoms with E-state index in [-0.39, 0.29) is 24.2 Å². The molecule has 0 aliphatic heterocycles. The molecule has 0 aromatic carbocycles. The molecule has 0 saturated carbocycles. The number of carboxylic acids is 1. The summed E-state index contributed by atoms with van der Waals surface area (Å²) in [4.78, 5) is 63.8. The largest absolute Gasteiger partial charge is 0.480 e. The maximum Gasteiger partial charge on any atom is 0.326 e. The highest BCUT2D eigenvalue weighted by molar-refractivity contribution is 7.99. The van der Waals surface area contributed by atoms with E-state index >= 15 is 0 Å². The number of aliphatic carboxylic acids is 1. The van der Waals surface area contributed by atoms with Crippen LogP contribution in [0.5, 0.6) is 0 Å². The summed E-state index contributed by atoms with van der Waals surface area (Å²) in [5, 5.41) is 20.4. The van der Waals surface area contributed by atoms with Crippen molar-refractivity contribution in [2.45, 2.75) is 125 Å². The summed E-state index contributed by atoms with van der Waals surface area (Å²) in [6.45, 7) is 17.1. The van der Waals surface area contributed by atoms with Crippen molar-refractivity contribution < 1.29 is 29.1 Å². The summed E-state index contributed by atoms with van der Waals surface area (Å²) in [5.41, 5.74) is 3.98. The number of hydrogen-bond acceptors (Lipinski definition) is 7. The van der Waals surface area contributed by atoms with Crippen LogP contribution in [-0.2, 0) is 24.0 Å². The number of hydrogen-bond donors (Lipinski definition) is 5. The lowest BCUT2D eigenvalue weighted by Crippen LogP contribution is -2.60. The molecule has 0 rings (SSSR count). The first-order valence-corrected chi connectivity index (χ1v) is 19.5. The van der Waals surface area contributed by atoms with Gasteiger partial charge in [0.25, 0.3) is 0 Å². The monoisotopic (exact) mass is 710 g/mol. The highest BCUT2D eigenvalue weighted by Crippen LogP contribution is 2.15. The molecular weight excluding hydrogens is 649 g/mol. The second kappa shape index (κ2) is 25.3. The molecular formula is C36H62N4O6S2. The Hall–Kier alpha value is -2.73. The van der Waals surface area contributed by atoms with E-state index in [0.29, 0.717) is 23.7 Å². The first kappa shape index (κ1) is 45.3. The van der Waals surface area contributed by atoms with Crippen LogP contribution in [-0.4, -0.2) is 82.4 Å². The van der Waals surface area contributed by atoms with Crippen LogP contribution in [0.25, 0.3) is 0 Å². The van der Waals surface area contributed by atoms with Gasteiger partial charge < -0.3 is 26.4 Å². The standard InChI is InChI=1S/C36H62N4O6S2/c1-11-27(8)32(35(44)38-29(36(45)46)19-20-47-10)40-34(43)31(24(4)5)39-33(42)30(37-28(9)41)22-48-21-18-26(7)17-13-16-25(6)15-12-14-23(2)3/h14,16,18,24,27,29-32H,11-13,15,17,19-22H2,1-10H3,(H,37,41)(H,38,44)(H,39,42)(H,40,43)(H,45,46)/b25-16+,26-18+/t27?,29-,30-,31+,32-/m0/s1. The average molecular weight is 711 g/mol. The van der Waals surface area contributed by atoms with Crippen LogP contribution in [0.2, 0.25) is 0 Å². The van der Waals surface area contributed by atoms with Gasteiger partial charge in [0, 0.05) is 18.4 Å². The fraction of sp³-hybridized carbons (Fsp3) is 0.694. The van der Waals surface area contributed by atoms with E-state index in [1.54, 1.807) is 20.8 Å². The summed E-state index contributed by atoms with van der Waals surface area (Å²) in [5.74, 6) is -2.20. The lowest BCUT2D eigenvalue weighted by Gasteiger charge is -2.29. The third-order valence-corrected chi connectivity index (χ3v) is 9.53. The van der Waals surface area contributed by atoms with Gasteiger partial charge in [-0.3, -0.25) is 19.2 Å². The van der Waals surface area contributed by atoms with Gasteiger partial charge >= 0.3 is 5.97 Å². The van der Waals surface area contributed by atoms with Crippen molar-refractivity contribution >= 4 is 53.1 Å². The molecule has 0 radical (unpaired) electrons. The second-order valence-electron chi connectivity index (χ2n) is 13.0. The number of nitrogens with one attached hydrogen (secondary N) is 4. The Morgan fingerprint density at radius 2 is 1.29 bits per heavy atom. The minimum Gasteiger partial charge on any atom is -0.480 e. The molecule has 0 aromatic rings. The Balaban J connectivity index is 5.42. The second-order valence-corrected chi connectivity index (χ2v) is 15.1. The zero-order chi connectivity index (χ0) is 36.8. The maximum absolute atomic E-state index is 13.5. The van der Waals surface area contributed by atoms with Crippen molar-refractivity contribution in [3.63, 3.8) is 0 Å².